The van der Waals surface area contributed by atoms with Crippen molar-refractivity contribution in [3.63, 3.8) is 0 Å². The van der Waals surface area contributed by atoms with E-state index in [0.29, 0.717) is 12.3 Å². The van der Waals surface area contributed by atoms with Gasteiger partial charge in [-0.15, -0.1) is 0 Å². The Hall–Kier alpha value is -1.40. The number of ether oxygens (including phenoxy) is 2. The molecule has 0 saturated carbocycles. The molecule has 5 nitrogen and oxygen atoms in total. The summed E-state index contributed by atoms with van der Waals surface area (Å²) in [6.07, 6.45) is 0. The van der Waals surface area contributed by atoms with Gasteiger partial charge in [0, 0.05) is 11.1 Å². The van der Waals surface area contributed by atoms with Gasteiger partial charge < -0.3 is 14.8 Å². The third kappa shape index (κ3) is 5.29. The molecule has 1 aromatic rings. The van der Waals surface area contributed by atoms with Gasteiger partial charge in [-0.25, -0.2) is 4.79 Å². The molecule has 0 bridgehead atoms. The molecule has 0 heterocycles. The van der Waals surface area contributed by atoms with E-state index in [1.807, 2.05) is 6.07 Å². The Kier molecular flexibility index (Phi) is 6.38. The Morgan fingerprint density at radius 2 is 2.00 bits per heavy atom. The van der Waals surface area contributed by atoms with E-state index in [2.05, 4.69) is 21.2 Å². The normalized spacial score (nSPS) is 9.89. The van der Waals surface area contributed by atoms with E-state index in [0.717, 1.165) is 4.47 Å². The second kappa shape index (κ2) is 7.84. The Morgan fingerprint density at radius 3 is 2.67 bits per heavy atom. The summed E-state index contributed by atoms with van der Waals surface area (Å²) in [6, 6.07) is 7.17. The highest BCUT2D eigenvalue weighted by Crippen LogP contribution is 2.20. The maximum absolute atomic E-state index is 11.5. The van der Waals surface area contributed by atoms with Crippen molar-refractivity contribution >= 4 is 33.5 Å². The molecule has 1 aromatic carbocycles. The van der Waals surface area contributed by atoms with Crippen LogP contribution in [0.15, 0.2) is 28.7 Å². The van der Waals surface area contributed by atoms with Crippen molar-refractivity contribution in [3.8, 4) is 0 Å². The Morgan fingerprint density at radius 1 is 1.28 bits per heavy atom. The molecule has 6 heteroatoms. The summed E-state index contributed by atoms with van der Waals surface area (Å²) in [5, 5.41) is 2.62. The van der Waals surface area contributed by atoms with Gasteiger partial charge in [0.15, 0.2) is 6.61 Å². The first kappa shape index (κ1) is 14.7. The molecule has 98 valence electrons. The zero-order chi connectivity index (χ0) is 13.4. The second-order valence-corrected chi connectivity index (χ2v) is 4.18. The first-order valence-electron chi connectivity index (χ1n) is 5.41. The molecule has 0 spiro atoms. The number of anilines is 1. The van der Waals surface area contributed by atoms with Crippen LogP contribution in [0.5, 0.6) is 0 Å². The number of benzene rings is 1. The largest absolute Gasteiger partial charge is 0.454 e. The highest BCUT2D eigenvalue weighted by Gasteiger charge is 2.08. The lowest BCUT2D eigenvalue weighted by Gasteiger charge is -2.07. The standard InChI is InChI=1S/C12H14BrNO4/c1-2-17-8-12(16)18-7-11(15)14-10-6-4-3-5-9(10)13/h3-6H,2,7-8H2,1H3,(H,14,15). The van der Waals surface area contributed by atoms with Crippen molar-refractivity contribution in [1.82, 2.24) is 0 Å². The van der Waals surface area contributed by atoms with Crippen molar-refractivity contribution in [2.45, 2.75) is 6.92 Å². The number of amides is 1. The van der Waals surface area contributed by atoms with E-state index in [9.17, 15) is 9.59 Å². The maximum atomic E-state index is 11.5. The maximum Gasteiger partial charge on any atom is 0.332 e. The summed E-state index contributed by atoms with van der Waals surface area (Å²) in [5.74, 6) is -0.953. The molecular formula is C12H14BrNO4. The summed E-state index contributed by atoms with van der Waals surface area (Å²) < 4.78 is 10.3. The number of para-hydroxylation sites is 1. The summed E-state index contributed by atoms with van der Waals surface area (Å²) >= 11 is 3.30. The number of nitrogens with one attached hydrogen (secondary N) is 1. The van der Waals surface area contributed by atoms with Crippen LogP contribution in [0.25, 0.3) is 0 Å². The molecule has 0 aliphatic carbocycles. The molecule has 18 heavy (non-hydrogen) atoms. The average Bonchev–Trinajstić information content (AvgIpc) is 2.36. The average molecular weight is 316 g/mol. The fraction of sp³-hybridized carbons (Fsp3) is 0.333. The first-order valence-corrected chi connectivity index (χ1v) is 6.20. The molecule has 1 N–H and O–H groups in total. The topological polar surface area (TPSA) is 64.6 Å². The van der Waals surface area contributed by atoms with Crippen LogP contribution in [0.4, 0.5) is 5.69 Å². The van der Waals surface area contributed by atoms with E-state index >= 15 is 0 Å². The van der Waals surface area contributed by atoms with Crippen molar-refractivity contribution < 1.29 is 19.1 Å². The third-order valence-electron chi connectivity index (χ3n) is 1.94. The van der Waals surface area contributed by atoms with Crippen molar-refractivity contribution in [2.24, 2.45) is 0 Å². The van der Waals surface area contributed by atoms with Crippen molar-refractivity contribution in [1.29, 1.82) is 0 Å². The number of hydrogen-bond acceptors (Lipinski definition) is 4. The number of rotatable bonds is 6. The minimum Gasteiger partial charge on any atom is -0.454 e. The highest BCUT2D eigenvalue weighted by molar-refractivity contribution is 9.10. The quantitative estimate of drug-likeness (QED) is 0.815. The molecule has 0 fully saturated rings. The number of carbonyl (C=O) groups excluding carboxylic acids is 2. The number of esters is 1. The zero-order valence-corrected chi connectivity index (χ0v) is 11.5. The van der Waals surface area contributed by atoms with Gasteiger partial charge in [0.1, 0.15) is 6.61 Å². The van der Waals surface area contributed by atoms with Gasteiger partial charge in [-0.3, -0.25) is 4.79 Å². The van der Waals surface area contributed by atoms with Crippen LogP contribution in [0.3, 0.4) is 0 Å². The fourth-order valence-corrected chi connectivity index (χ4v) is 1.51. The van der Waals surface area contributed by atoms with Crippen LogP contribution in [0.1, 0.15) is 6.92 Å². The summed E-state index contributed by atoms with van der Waals surface area (Å²) in [5.41, 5.74) is 0.628. The van der Waals surface area contributed by atoms with Crippen LogP contribution in [0, 0.1) is 0 Å². The number of halogens is 1. The smallest absolute Gasteiger partial charge is 0.332 e. The van der Waals surface area contributed by atoms with Crippen LogP contribution in [-0.2, 0) is 19.1 Å². The third-order valence-corrected chi connectivity index (χ3v) is 2.63. The van der Waals surface area contributed by atoms with Crippen LogP contribution in [-0.4, -0.2) is 31.7 Å². The van der Waals surface area contributed by atoms with Crippen LogP contribution >= 0.6 is 15.9 Å². The second-order valence-electron chi connectivity index (χ2n) is 3.33. The predicted molar refractivity (Wildman–Crippen MR) is 70.2 cm³/mol. The van der Waals surface area contributed by atoms with E-state index < -0.39 is 11.9 Å². The minimum atomic E-state index is -0.556. The number of carbonyl (C=O) groups is 2. The molecule has 1 rings (SSSR count). The van der Waals surface area contributed by atoms with Gasteiger partial charge in [0.25, 0.3) is 5.91 Å². The number of hydrogen-bond donors (Lipinski definition) is 1. The van der Waals surface area contributed by atoms with Gasteiger partial charge >= 0.3 is 5.97 Å². The molecule has 0 radical (unpaired) electrons. The van der Waals surface area contributed by atoms with Crippen molar-refractivity contribution in [3.05, 3.63) is 28.7 Å². The lowest BCUT2D eigenvalue weighted by atomic mass is 10.3. The SMILES string of the molecule is CCOCC(=O)OCC(=O)Nc1ccccc1Br. The Bertz CT molecular complexity index is 422. The Balaban J connectivity index is 2.34. The molecule has 1 amide bonds. The lowest BCUT2D eigenvalue weighted by Crippen LogP contribution is -2.23. The first-order chi connectivity index (χ1) is 8.63. The van der Waals surface area contributed by atoms with Crippen molar-refractivity contribution in [2.75, 3.05) is 25.1 Å². The molecule has 0 atom stereocenters. The summed E-state index contributed by atoms with van der Waals surface area (Å²) in [7, 11) is 0. The van der Waals surface area contributed by atoms with E-state index in [4.69, 9.17) is 9.47 Å². The van der Waals surface area contributed by atoms with Crippen LogP contribution in [0.2, 0.25) is 0 Å². The lowest BCUT2D eigenvalue weighted by molar-refractivity contribution is -0.151. The van der Waals surface area contributed by atoms with E-state index in [-0.39, 0.29) is 13.2 Å². The molecule has 0 saturated heterocycles. The summed E-state index contributed by atoms with van der Waals surface area (Å²) in [6.45, 7) is 1.73. The summed E-state index contributed by atoms with van der Waals surface area (Å²) in [4.78, 5) is 22.6. The molecule has 0 aliphatic heterocycles. The Labute approximate surface area is 114 Å². The van der Waals surface area contributed by atoms with Gasteiger partial charge in [-0.2, -0.15) is 0 Å². The molecule has 0 aliphatic rings. The fourth-order valence-electron chi connectivity index (χ4n) is 1.12. The van der Waals surface area contributed by atoms with Gasteiger partial charge in [0.05, 0.1) is 5.69 Å². The van der Waals surface area contributed by atoms with Gasteiger partial charge in [-0.05, 0) is 35.0 Å². The van der Waals surface area contributed by atoms with Crippen LogP contribution < -0.4 is 5.32 Å². The minimum absolute atomic E-state index is 0.140. The highest BCUT2D eigenvalue weighted by atomic mass is 79.9. The molecule has 0 unspecified atom stereocenters. The molecule has 0 aromatic heterocycles. The monoisotopic (exact) mass is 315 g/mol. The van der Waals surface area contributed by atoms with E-state index in [1.54, 1.807) is 25.1 Å². The molecular weight excluding hydrogens is 302 g/mol. The van der Waals surface area contributed by atoms with Gasteiger partial charge in [0.2, 0.25) is 0 Å². The zero-order valence-electron chi connectivity index (χ0n) is 9.94. The van der Waals surface area contributed by atoms with Gasteiger partial charge in [-0.1, -0.05) is 12.1 Å². The predicted octanol–water partition coefficient (Wildman–Crippen LogP) is 1.97. The van der Waals surface area contributed by atoms with E-state index in [1.165, 1.54) is 0 Å².